The zero-order valence-electron chi connectivity index (χ0n) is 15.5. The third-order valence-electron chi connectivity index (χ3n) is 4.49. The van der Waals surface area contributed by atoms with E-state index in [-0.39, 0.29) is 17.7 Å². The van der Waals surface area contributed by atoms with E-state index in [0.717, 1.165) is 24.2 Å². The number of nitrogen functional groups attached to an aromatic ring is 1. The summed E-state index contributed by atoms with van der Waals surface area (Å²) in [6, 6.07) is 3.21. The zero-order valence-corrected chi connectivity index (χ0v) is 15.5. The summed E-state index contributed by atoms with van der Waals surface area (Å²) >= 11 is 0. The Kier molecular flexibility index (Phi) is 5.21. The van der Waals surface area contributed by atoms with Gasteiger partial charge < -0.3 is 20.5 Å². The van der Waals surface area contributed by atoms with Gasteiger partial charge in [0.1, 0.15) is 23.2 Å². The Hall–Kier alpha value is -3.34. The Morgan fingerprint density at radius 3 is 2.86 bits per heavy atom. The Bertz CT molecular complexity index is 1010. The van der Waals surface area contributed by atoms with E-state index in [1.807, 2.05) is 10.9 Å². The normalized spacial score (nSPS) is 16.3. The Labute approximate surface area is 164 Å². The second-order valence-electron chi connectivity index (χ2n) is 6.46. The maximum Gasteiger partial charge on any atom is 0.297 e. The number of nitrogens with zero attached hydrogens (tertiary/aromatic N) is 5. The van der Waals surface area contributed by atoms with Gasteiger partial charge in [-0.25, -0.2) is 23.7 Å². The molecule has 4 heterocycles. The molecular weight excluding hydrogens is 384 g/mol. The molecule has 0 amide bonds. The van der Waals surface area contributed by atoms with Crippen LogP contribution in [0.4, 0.5) is 26.2 Å². The summed E-state index contributed by atoms with van der Waals surface area (Å²) < 4.78 is 38.5. The molecule has 0 radical (unpaired) electrons. The van der Waals surface area contributed by atoms with E-state index in [2.05, 4.69) is 25.4 Å². The maximum absolute atomic E-state index is 12.9. The van der Waals surface area contributed by atoms with E-state index in [1.54, 1.807) is 18.5 Å². The number of nitrogens with two attached hydrogens (primary N) is 1. The molecule has 9 nitrogen and oxygen atoms in total. The highest BCUT2D eigenvalue weighted by molar-refractivity contribution is 5.71. The second kappa shape index (κ2) is 7.95. The molecule has 3 N–H and O–H groups in total. The number of rotatable bonds is 6. The van der Waals surface area contributed by atoms with Crippen molar-refractivity contribution < 1.29 is 18.3 Å². The smallest absolute Gasteiger partial charge is 0.297 e. The van der Waals surface area contributed by atoms with Crippen molar-refractivity contribution in [3.05, 3.63) is 36.5 Å². The number of hydrogen-bond acceptors (Lipinski definition) is 8. The summed E-state index contributed by atoms with van der Waals surface area (Å²) in [4.78, 5) is 11.6. The van der Waals surface area contributed by atoms with Crippen LogP contribution in [0.3, 0.4) is 0 Å². The minimum absolute atomic E-state index is 0.0651. The fourth-order valence-corrected chi connectivity index (χ4v) is 3.08. The average molecular weight is 403 g/mol. The van der Waals surface area contributed by atoms with E-state index in [4.69, 9.17) is 15.2 Å². The van der Waals surface area contributed by atoms with Gasteiger partial charge >= 0.3 is 0 Å². The third-order valence-corrected chi connectivity index (χ3v) is 4.49. The van der Waals surface area contributed by atoms with Gasteiger partial charge in [-0.15, -0.1) is 0 Å². The van der Waals surface area contributed by atoms with Gasteiger partial charge in [-0.2, -0.15) is 5.10 Å². The monoisotopic (exact) mass is 403 g/mol. The topological polar surface area (TPSA) is 113 Å². The minimum Gasteiger partial charge on any atom is -0.496 e. The molecule has 0 aliphatic carbocycles. The van der Waals surface area contributed by atoms with Crippen LogP contribution in [0, 0.1) is 0 Å². The lowest BCUT2D eigenvalue weighted by molar-refractivity contribution is 0.140. The van der Waals surface area contributed by atoms with Gasteiger partial charge in [0, 0.05) is 42.3 Å². The minimum atomic E-state index is -2.83. The number of nitrogens with one attached hydrogen (secondary N) is 1. The first-order valence-electron chi connectivity index (χ1n) is 8.89. The molecule has 3 aromatic heterocycles. The Morgan fingerprint density at radius 1 is 1.28 bits per heavy atom. The number of anilines is 3. The highest BCUT2D eigenvalue weighted by Crippen LogP contribution is 2.32. The van der Waals surface area contributed by atoms with Gasteiger partial charge in [-0.05, 0) is 6.42 Å². The van der Waals surface area contributed by atoms with Crippen molar-refractivity contribution in [2.45, 2.75) is 18.9 Å². The van der Waals surface area contributed by atoms with E-state index in [9.17, 15) is 8.78 Å². The van der Waals surface area contributed by atoms with Crippen LogP contribution < -0.4 is 15.8 Å². The molecule has 11 heteroatoms. The molecular formula is C18H19F2N7O2. The summed E-state index contributed by atoms with van der Waals surface area (Å²) in [7, 11) is 1.54. The number of hydrogen-bond donors (Lipinski definition) is 2. The van der Waals surface area contributed by atoms with Gasteiger partial charge in [0.25, 0.3) is 6.43 Å². The fraction of sp³-hybridized carbons (Fsp3) is 0.333. The molecule has 4 rings (SSSR count). The number of ether oxygens (including phenoxy) is 2. The van der Waals surface area contributed by atoms with Gasteiger partial charge in [0.05, 0.1) is 26.0 Å². The third kappa shape index (κ3) is 4.09. The second-order valence-corrected chi connectivity index (χ2v) is 6.46. The Morgan fingerprint density at radius 2 is 2.14 bits per heavy atom. The molecule has 152 valence electrons. The molecule has 3 aromatic rings. The molecule has 0 spiro atoms. The molecule has 1 fully saturated rings. The zero-order chi connectivity index (χ0) is 20.4. The highest BCUT2D eigenvalue weighted by atomic mass is 19.3. The highest BCUT2D eigenvalue weighted by Gasteiger charge is 2.20. The van der Waals surface area contributed by atoms with Crippen molar-refractivity contribution in [2.75, 3.05) is 31.4 Å². The lowest BCUT2D eigenvalue weighted by Crippen LogP contribution is -2.08. The quantitative estimate of drug-likeness (QED) is 0.646. The first-order valence-corrected chi connectivity index (χ1v) is 8.89. The van der Waals surface area contributed by atoms with Crippen molar-refractivity contribution in [3.8, 4) is 16.9 Å². The predicted octanol–water partition coefficient (Wildman–Crippen LogP) is 2.97. The average Bonchev–Trinajstić information content (AvgIpc) is 3.39. The van der Waals surface area contributed by atoms with Crippen LogP contribution >= 0.6 is 0 Å². The van der Waals surface area contributed by atoms with Crippen molar-refractivity contribution >= 4 is 17.5 Å². The van der Waals surface area contributed by atoms with Crippen LogP contribution in [0.5, 0.6) is 5.75 Å². The van der Waals surface area contributed by atoms with Gasteiger partial charge in [-0.1, -0.05) is 0 Å². The number of pyridine rings is 1. The molecule has 1 aliphatic heterocycles. The van der Waals surface area contributed by atoms with Crippen molar-refractivity contribution in [1.82, 2.24) is 24.7 Å². The number of aromatic nitrogens is 5. The van der Waals surface area contributed by atoms with Crippen LogP contribution in [0.1, 0.15) is 24.7 Å². The lowest BCUT2D eigenvalue weighted by Gasteiger charge is -2.11. The van der Waals surface area contributed by atoms with Crippen molar-refractivity contribution in [1.29, 1.82) is 0 Å². The molecule has 1 aliphatic rings. The van der Waals surface area contributed by atoms with Crippen LogP contribution in [0.25, 0.3) is 11.1 Å². The van der Waals surface area contributed by atoms with E-state index in [0.29, 0.717) is 18.2 Å². The summed E-state index contributed by atoms with van der Waals surface area (Å²) in [6.45, 7) is 1.37. The van der Waals surface area contributed by atoms with Crippen LogP contribution in [-0.2, 0) is 4.74 Å². The number of methoxy groups -OCH3 is 1. The molecule has 0 aromatic carbocycles. The van der Waals surface area contributed by atoms with Gasteiger partial charge in [0.15, 0.2) is 5.82 Å². The molecule has 1 atom stereocenters. The van der Waals surface area contributed by atoms with E-state index < -0.39 is 12.2 Å². The van der Waals surface area contributed by atoms with Crippen molar-refractivity contribution in [2.24, 2.45) is 0 Å². The van der Waals surface area contributed by atoms with E-state index >= 15 is 0 Å². The SMILES string of the molecule is COc1cc(Nc2cc(N)nc(C(F)F)n2)ncc1-c1cnn([C@@H]2CCOC2)c1. The molecule has 0 saturated carbocycles. The summed E-state index contributed by atoms with van der Waals surface area (Å²) in [6.07, 6.45) is 3.37. The standard InChI is InChI=1S/C18H19F2N7O2/c1-28-13-4-15(25-16-5-14(21)24-18(26-16)17(19)20)22-7-12(13)10-6-23-27(8-10)11-2-3-29-9-11/h4-8,11,17H,2-3,9H2,1H3,(H3,21,22,24,25,26)/t11-/m1/s1. The molecule has 29 heavy (non-hydrogen) atoms. The molecule has 1 saturated heterocycles. The summed E-state index contributed by atoms with van der Waals surface area (Å²) in [5, 5.41) is 7.26. The van der Waals surface area contributed by atoms with Crippen LogP contribution in [-0.4, -0.2) is 45.1 Å². The summed E-state index contributed by atoms with van der Waals surface area (Å²) in [5.41, 5.74) is 7.17. The lowest BCUT2D eigenvalue weighted by atomic mass is 10.1. The fourth-order valence-electron chi connectivity index (χ4n) is 3.08. The predicted molar refractivity (Wildman–Crippen MR) is 101 cm³/mol. The maximum atomic E-state index is 12.9. The van der Waals surface area contributed by atoms with Crippen LogP contribution in [0.15, 0.2) is 30.7 Å². The number of alkyl halides is 2. The van der Waals surface area contributed by atoms with Crippen molar-refractivity contribution in [3.63, 3.8) is 0 Å². The summed E-state index contributed by atoms with van der Waals surface area (Å²) in [5.74, 6) is 0.301. The first-order chi connectivity index (χ1) is 14.0. The van der Waals surface area contributed by atoms with Gasteiger partial charge in [-0.3, -0.25) is 4.68 Å². The molecule has 0 unspecified atom stereocenters. The number of halogens is 2. The first kappa shape index (κ1) is 19.0. The van der Waals surface area contributed by atoms with E-state index in [1.165, 1.54) is 13.2 Å². The largest absolute Gasteiger partial charge is 0.496 e. The Balaban J connectivity index is 1.59. The van der Waals surface area contributed by atoms with Crippen LogP contribution in [0.2, 0.25) is 0 Å². The van der Waals surface area contributed by atoms with Gasteiger partial charge in [0.2, 0.25) is 0 Å². The molecule has 0 bridgehead atoms.